The van der Waals surface area contributed by atoms with Gasteiger partial charge in [0.25, 0.3) is 0 Å². The van der Waals surface area contributed by atoms with Crippen molar-refractivity contribution in [2.24, 2.45) is 0 Å². The lowest BCUT2D eigenvalue weighted by Crippen LogP contribution is -1.99. The van der Waals surface area contributed by atoms with E-state index in [2.05, 4.69) is 53.7 Å². The highest BCUT2D eigenvalue weighted by Crippen LogP contribution is 2.26. The molecule has 0 nitrogen and oxygen atoms in total. The molecule has 0 bridgehead atoms. The highest BCUT2D eigenvalue weighted by Gasteiger charge is 2.09. The lowest BCUT2D eigenvalue weighted by Gasteiger charge is -2.16. The Morgan fingerprint density at radius 1 is 0.812 bits per heavy atom. The second-order valence-corrected chi connectivity index (χ2v) is 4.86. The predicted octanol–water partition coefficient (Wildman–Crippen LogP) is 5.58. The van der Waals surface area contributed by atoms with Crippen LogP contribution >= 0.6 is 0 Å². The van der Waals surface area contributed by atoms with Gasteiger partial charge in [-0.05, 0) is 47.9 Å². The highest BCUT2D eigenvalue weighted by molar-refractivity contribution is 5.40. The minimum atomic E-state index is 0.631. The Balaban J connectivity index is 0.00000106. The van der Waals surface area contributed by atoms with E-state index in [9.17, 15) is 0 Å². The highest BCUT2D eigenvalue weighted by atomic mass is 14.1. The lowest BCUT2D eigenvalue weighted by molar-refractivity contribution is 0.823. The van der Waals surface area contributed by atoms with Crippen LogP contribution in [0.3, 0.4) is 0 Å². The van der Waals surface area contributed by atoms with Gasteiger partial charge in [0.1, 0.15) is 0 Å². The van der Waals surface area contributed by atoms with Gasteiger partial charge in [-0.15, -0.1) is 0 Å². The first-order valence-electron chi connectivity index (χ1n) is 6.54. The average molecular weight is 220 g/mol. The van der Waals surface area contributed by atoms with Crippen LogP contribution in [-0.4, -0.2) is 0 Å². The summed E-state index contributed by atoms with van der Waals surface area (Å²) in [5, 5.41) is 0. The summed E-state index contributed by atoms with van der Waals surface area (Å²) in [6.07, 6.45) is 0. The third-order valence-electron chi connectivity index (χ3n) is 3.02. The summed E-state index contributed by atoms with van der Waals surface area (Å²) in [5.74, 6) is 1.26. The van der Waals surface area contributed by atoms with Crippen molar-refractivity contribution in [2.45, 2.75) is 67.2 Å². The Morgan fingerprint density at radius 2 is 1.31 bits per heavy atom. The molecule has 0 unspecified atom stereocenters. The van der Waals surface area contributed by atoms with Gasteiger partial charge in [0.05, 0.1) is 0 Å². The molecule has 0 aliphatic rings. The zero-order valence-electron chi connectivity index (χ0n) is 12.3. The van der Waals surface area contributed by atoms with Crippen LogP contribution in [0.1, 0.15) is 75.6 Å². The molecule has 0 spiro atoms. The van der Waals surface area contributed by atoms with Crippen molar-refractivity contribution >= 4 is 0 Å². The van der Waals surface area contributed by atoms with Crippen molar-refractivity contribution in [3.05, 3.63) is 34.4 Å². The van der Waals surface area contributed by atoms with Crippen LogP contribution in [0, 0.1) is 13.8 Å². The fourth-order valence-electron chi connectivity index (χ4n) is 1.85. The van der Waals surface area contributed by atoms with E-state index in [0.29, 0.717) is 11.8 Å². The molecular formula is C16H28. The van der Waals surface area contributed by atoms with Gasteiger partial charge in [0.15, 0.2) is 0 Å². The Bertz CT molecular complexity index is 319. The maximum atomic E-state index is 2.37. The molecule has 0 aliphatic heterocycles. The van der Waals surface area contributed by atoms with Crippen molar-refractivity contribution in [1.29, 1.82) is 0 Å². The summed E-state index contributed by atoms with van der Waals surface area (Å²) >= 11 is 0. The quantitative estimate of drug-likeness (QED) is 0.610. The molecule has 92 valence electrons. The maximum absolute atomic E-state index is 2.37. The SMILES string of the molecule is CC.Cc1cc(C(C)C)cc(C(C)C)c1C. The first-order valence-corrected chi connectivity index (χ1v) is 6.54. The van der Waals surface area contributed by atoms with E-state index in [1.54, 1.807) is 0 Å². The van der Waals surface area contributed by atoms with Gasteiger partial charge in [0, 0.05) is 0 Å². The fraction of sp³-hybridized carbons (Fsp3) is 0.625. The number of rotatable bonds is 2. The van der Waals surface area contributed by atoms with Crippen molar-refractivity contribution in [1.82, 2.24) is 0 Å². The van der Waals surface area contributed by atoms with Gasteiger partial charge in [-0.2, -0.15) is 0 Å². The number of hydrogen-bond donors (Lipinski definition) is 0. The van der Waals surface area contributed by atoms with Gasteiger partial charge < -0.3 is 0 Å². The third-order valence-corrected chi connectivity index (χ3v) is 3.02. The zero-order chi connectivity index (χ0) is 12.9. The van der Waals surface area contributed by atoms with Crippen LogP contribution in [-0.2, 0) is 0 Å². The molecule has 0 atom stereocenters. The van der Waals surface area contributed by atoms with E-state index in [1.165, 1.54) is 22.3 Å². The summed E-state index contributed by atoms with van der Waals surface area (Å²) < 4.78 is 0. The van der Waals surface area contributed by atoms with Crippen molar-refractivity contribution in [2.75, 3.05) is 0 Å². The molecule has 1 aromatic carbocycles. The van der Waals surface area contributed by atoms with Crippen molar-refractivity contribution in [3.8, 4) is 0 Å². The molecule has 0 saturated heterocycles. The molecule has 0 aliphatic carbocycles. The van der Waals surface area contributed by atoms with Crippen LogP contribution in [0.5, 0.6) is 0 Å². The first-order chi connectivity index (χ1) is 7.43. The summed E-state index contributed by atoms with van der Waals surface area (Å²) in [6.45, 7) is 17.5. The predicted molar refractivity (Wildman–Crippen MR) is 75.4 cm³/mol. The summed E-state index contributed by atoms with van der Waals surface area (Å²) in [6, 6.07) is 4.70. The number of aryl methyl sites for hydroxylation is 1. The standard InChI is InChI=1S/C14H22.C2H6/c1-9(2)13-7-11(5)12(6)14(8-13)10(3)4;1-2/h7-10H,1-6H3;1-2H3. The minimum Gasteiger partial charge on any atom is -0.0683 e. The Hall–Kier alpha value is -0.780. The van der Waals surface area contributed by atoms with E-state index in [0.717, 1.165) is 0 Å². The molecule has 0 N–H and O–H groups in total. The van der Waals surface area contributed by atoms with E-state index in [1.807, 2.05) is 13.8 Å². The van der Waals surface area contributed by atoms with E-state index < -0.39 is 0 Å². The van der Waals surface area contributed by atoms with Crippen LogP contribution in [0.25, 0.3) is 0 Å². The third kappa shape index (κ3) is 3.66. The van der Waals surface area contributed by atoms with Crippen LogP contribution in [0.4, 0.5) is 0 Å². The van der Waals surface area contributed by atoms with Crippen molar-refractivity contribution < 1.29 is 0 Å². The summed E-state index contributed by atoms with van der Waals surface area (Å²) in [7, 11) is 0. The molecule has 0 heterocycles. The molecule has 16 heavy (non-hydrogen) atoms. The van der Waals surface area contributed by atoms with Crippen molar-refractivity contribution in [3.63, 3.8) is 0 Å². The van der Waals surface area contributed by atoms with Crippen LogP contribution in [0.2, 0.25) is 0 Å². The molecule has 0 saturated carbocycles. The molecule has 1 aromatic rings. The van der Waals surface area contributed by atoms with Crippen LogP contribution < -0.4 is 0 Å². The van der Waals surface area contributed by atoms with Gasteiger partial charge in [-0.1, -0.05) is 53.7 Å². The largest absolute Gasteiger partial charge is 0.0683 e. The second kappa shape index (κ2) is 6.73. The van der Waals surface area contributed by atoms with Gasteiger partial charge in [0.2, 0.25) is 0 Å². The Labute approximate surface area is 102 Å². The van der Waals surface area contributed by atoms with Gasteiger partial charge in [-0.3, -0.25) is 0 Å². The Kier molecular flexibility index (Phi) is 6.40. The van der Waals surface area contributed by atoms with Crippen LogP contribution in [0.15, 0.2) is 12.1 Å². The topological polar surface area (TPSA) is 0 Å². The molecule has 0 amide bonds. The molecule has 0 fully saturated rings. The molecular weight excluding hydrogens is 192 g/mol. The maximum Gasteiger partial charge on any atom is -0.0216 e. The van der Waals surface area contributed by atoms with E-state index in [-0.39, 0.29) is 0 Å². The number of benzene rings is 1. The lowest BCUT2D eigenvalue weighted by atomic mass is 9.89. The summed E-state index contributed by atoms with van der Waals surface area (Å²) in [5.41, 5.74) is 5.87. The second-order valence-electron chi connectivity index (χ2n) is 4.86. The minimum absolute atomic E-state index is 0.631. The smallest absolute Gasteiger partial charge is 0.0216 e. The van der Waals surface area contributed by atoms with Gasteiger partial charge >= 0.3 is 0 Å². The van der Waals surface area contributed by atoms with E-state index >= 15 is 0 Å². The monoisotopic (exact) mass is 220 g/mol. The Morgan fingerprint density at radius 3 is 1.69 bits per heavy atom. The number of hydrogen-bond acceptors (Lipinski definition) is 0. The molecule has 1 rings (SSSR count). The van der Waals surface area contributed by atoms with Gasteiger partial charge in [-0.25, -0.2) is 0 Å². The summed E-state index contributed by atoms with van der Waals surface area (Å²) in [4.78, 5) is 0. The molecule has 0 heteroatoms. The fourth-order valence-corrected chi connectivity index (χ4v) is 1.85. The zero-order valence-corrected chi connectivity index (χ0v) is 12.3. The molecule has 0 aromatic heterocycles. The average Bonchev–Trinajstić information content (AvgIpc) is 2.24. The molecule has 0 radical (unpaired) electrons. The normalized spacial score (nSPS) is 10.4. The van der Waals surface area contributed by atoms with E-state index in [4.69, 9.17) is 0 Å². The first kappa shape index (κ1) is 15.2.